The Morgan fingerprint density at radius 1 is 1.36 bits per heavy atom. The molecule has 2 heteroatoms. The van der Waals surface area contributed by atoms with Crippen LogP contribution in [0.15, 0.2) is 11.3 Å². The van der Waals surface area contributed by atoms with Crippen LogP contribution in [-0.2, 0) is 9.53 Å². The van der Waals surface area contributed by atoms with Gasteiger partial charge in [-0.2, -0.15) is 0 Å². The molecule has 0 aromatic rings. The highest BCUT2D eigenvalue weighted by Gasteiger charge is 2.16. The monoisotopic (exact) mass is 196 g/mol. The van der Waals surface area contributed by atoms with Crippen LogP contribution in [0.25, 0.3) is 0 Å². The van der Waals surface area contributed by atoms with Gasteiger partial charge in [0.05, 0.1) is 0 Å². The first-order chi connectivity index (χ1) is 6.74. The van der Waals surface area contributed by atoms with Crippen LogP contribution in [0.5, 0.6) is 0 Å². The van der Waals surface area contributed by atoms with E-state index in [-0.39, 0.29) is 5.97 Å². The Hall–Kier alpha value is -0.790. The van der Waals surface area contributed by atoms with E-state index in [4.69, 9.17) is 4.74 Å². The second kappa shape index (κ2) is 5.84. The predicted molar refractivity (Wildman–Crippen MR) is 56.8 cm³/mol. The number of allylic oxidation sites excluding steroid dienone is 2. The Bertz CT molecular complexity index is 228. The first-order valence-corrected chi connectivity index (χ1v) is 5.63. The highest BCUT2D eigenvalue weighted by Crippen LogP contribution is 2.30. The summed E-state index contributed by atoms with van der Waals surface area (Å²) in [5.74, 6) is 0.795. The van der Waals surface area contributed by atoms with Crippen LogP contribution in [0, 0.1) is 0 Å². The van der Waals surface area contributed by atoms with Crippen molar-refractivity contribution in [3.8, 4) is 0 Å². The van der Waals surface area contributed by atoms with Crippen LogP contribution >= 0.6 is 0 Å². The van der Waals surface area contributed by atoms with Crippen LogP contribution in [0.4, 0.5) is 0 Å². The molecule has 0 aliphatic heterocycles. The van der Waals surface area contributed by atoms with Gasteiger partial charge in [0.1, 0.15) is 5.76 Å². The van der Waals surface area contributed by atoms with Gasteiger partial charge in [0.25, 0.3) is 0 Å². The molecule has 0 amide bonds. The average molecular weight is 196 g/mol. The highest BCUT2D eigenvalue weighted by atomic mass is 16.5. The average Bonchev–Trinajstić information content (AvgIpc) is 2.52. The van der Waals surface area contributed by atoms with E-state index < -0.39 is 0 Å². The molecule has 14 heavy (non-hydrogen) atoms. The number of carbonyl (C=O) groups excluding carboxylic acids is 1. The molecule has 0 N–H and O–H groups in total. The number of esters is 1. The van der Waals surface area contributed by atoms with E-state index in [1.807, 2.05) is 0 Å². The van der Waals surface area contributed by atoms with Gasteiger partial charge in [-0.1, -0.05) is 19.8 Å². The summed E-state index contributed by atoms with van der Waals surface area (Å²) in [6, 6.07) is 0. The number of hydrogen-bond donors (Lipinski definition) is 0. The number of unbranched alkanes of at least 4 members (excludes halogenated alkanes) is 2. The molecule has 2 nitrogen and oxygen atoms in total. The highest BCUT2D eigenvalue weighted by molar-refractivity contribution is 5.67. The maximum absolute atomic E-state index is 10.8. The van der Waals surface area contributed by atoms with Gasteiger partial charge < -0.3 is 4.74 Å². The molecular formula is C12H20O2. The smallest absolute Gasteiger partial charge is 0.307 e. The van der Waals surface area contributed by atoms with Gasteiger partial charge in [-0.3, -0.25) is 4.79 Å². The first-order valence-electron chi connectivity index (χ1n) is 5.63. The molecule has 80 valence electrons. The Morgan fingerprint density at radius 2 is 2.14 bits per heavy atom. The summed E-state index contributed by atoms with van der Waals surface area (Å²) in [7, 11) is 0. The largest absolute Gasteiger partial charge is 0.431 e. The molecule has 0 radical (unpaired) electrons. The van der Waals surface area contributed by atoms with E-state index in [1.165, 1.54) is 31.8 Å². The molecule has 0 aromatic heterocycles. The maximum atomic E-state index is 10.8. The van der Waals surface area contributed by atoms with Crippen molar-refractivity contribution in [2.24, 2.45) is 0 Å². The third-order valence-corrected chi connectivity index (χ3v) is 2.63. The third kappa shape index (κ3) is 3.52. The topological polar surface area (TPSA) is 26.3 Å². The summed E-state index contributed by atoms with van der Waals surface area (Å²) in [5.41, 5.74) is 1.38. The lowest BCUT2D eigenvalue weighted by Gasteiger charge is -2.06. The lowest BCUT2D eigenvalue weighted by atomic mass is 10.1. The number of ether oxygens (including phenoxy) is 1. The van der Waals surface area contributed by atoms with E-state index in [1.54, 1.807) is 0 Å². The van der Waals surface area contributed by atoms with Crippen LogP contribution < -0.4 is 0 Å². The number of hydrogen-bond acceptors (Lipinski definition) is 2. The summed E-state index contributed by atoms with van der Waals surface area (Å²) in [6.45, 7) is 3.69. The van der Waals surface area contributed by atoms with Gasteiger partial charge in [0.15, 0.2) is 0 Å². The molecule has 0 unspecified atom stereocenters. The van der Waals surface area contributed by atoms with Crippen molar-refractivity contribution in [1.29, 1.82) is 0 Å². The minimum atomic E-state index is -0.171. The van der Waals surface area contributed by atoms with E-state index in [0.717, 1.165) is 31.4 Å². The standard InChI is InChI=1S/C12H20O2/c1-3-4-5-7-11-8-6-9-12(11)14-10(2)13/h3-9H2,1-2H3. The molecule has 0 saturated carbocycles. The second-order valence-electron chi connectivity index (χ2n) is 3.93. The van der Waals surface area contributed by atoms with Crippen molar-refractivity contribution in [2.75, 3.05) is 0 Å². The number of rotatable bonds is 5. The van der Waals surface area contributed by atoms with Crippen molar-refractivity contribution >= 4 is 5.97 Å². The van der Waals surface area contributed by atoms with Crippen LogP contribution in [0.1, 0.15) is 58.8 Å². The SMILES string of the molecule is CCCCCC1=C(OC(C)=O)CCC1. The third-order valence-electron chi connectivity index (χ3n) is 2.63. The van der Waals surface area contributed by atoms with Crippen LogP contribution in [0.2, 0.25) is 0 Å². The van der Waals surface area contributed by atoms with Gasteiger partial charge in [-0.25, -0.2) is 0 Å². The molecule has 0 bridgehead atoms. The van der Waals surface area contributed by atoms with Crippen molar-refractivity contribution in [3.63, 3.8) is 0 Å². The normalized spacial score (nSPS) is 16.1. The summed E-state index contributed by atoms with van der Waals surface area (Å²) in [5, 5.41) is 0. The predicted octanol–water partition coefficient (Wildman–Crippen LogP) is 3.57. The fraction of sp³-hybridized carbons (Fsp3) is 0.750. The van der Waals surface area contributed by atoms with E-state index >= 15 is 0 Å². The Kier molecular flexibility index (Phi) is 4.71. The molecule has 1 aliphatic carbocycles. The summed E-state index contributed by atoms with van der Waals surface area (Å²) < 4.78 is 5.20. The van der Waals surface area contributed by atoms with E-state index in [2.05, 4.69) is 6.92 Å². The first kappa shape index (κ1) is 11.3. The lowest BCUT2D eigenvalue weighted by Crippen LogP contribution is -1.98. The van der Waals surface area contributed by atoms with Crippen LogP contribution in [0.3, 0.4) is 0 Å². The zero-order chi connectivity index (χ0) is 10.4. The molecule has 1 rings (SSSR count). The minimum absolute atomic E-state index is 0.171. The lowest BCUT2D eigenvalue weighted by molar-refractivity contribution is -0.137. The Balaban J connectivity index is 2.41. The van der Waals surface area contributed by atoms with Crippen molar-refractivity contribution < 1.29 is 9.53 Å². The van der Waals surface area contributed by atoms with Crippen molar-refractivity contribution in [3.05, 3.63) is 11.3 Å². The zero-order valence-electron chi connectivity index (χ0n) is 9.27. The molecule has 0 aromatic carbocycles. The van der Waals surface area contributed by atoms with Crippen LogP contribution in [-0.4, -0.2) is 5.97 Å². The molecule has 0 atom stereocenters. The second-order valence-corrected chi connectivity index (χ2v) is 3.93. The van der Waals surface area contributed by atoms with Gasteiger partial charge in [-0.15, -0.1) is 0 Å². The summed E-state index contributed by atoms with van der Waals surface area (Å²) >= 11 is 0. The molecule has 1 aliphatic rings. The fourth-order valence-electron chi connectivity index (χ4n) is 1.93. The van der Waals surface area contributed by atoms with Crippen molar-refractivity contribution in [1.82, 2.24) is 0 Å². The molecule has 0 spiro atoms. The maximum Gasteiger partial charge on any atom is 0.307 e. The van der Waals surface area contributed by atoms with Gasteiger partial charge in [0.2, 0.25) is 0 Å². The quantitative estimate of drug-likeness (QED) is 0.496. The fourth-order valence-corrected chi connectivity index (χ4v) is 1.93. The summed E-state index contributed by atoms with van der Waals surface area (Å²) in [6.07, 6.45) is 8.12. The van der Waals surface area contributed by atoms with Gasteiger partial charge in [0, 0.05) is 13.3 Å². The Labute approximate surface area is 86.3 Å². The van der Waals surface area contributed by atoms with Gasteiger partial charge in [-0.05, 0) is 31.3 Å². The van der Waals surface area contributed by atoms with E-state index in [9.17, 15) is 4.79 Å². The molecule has 0 fully saturated rings. The zero-order valence-corrected chi connectivity index (χ0v) is 9.27. The molecular weight excluding hydrogens is 176 g/mol. The molecule has 0 heterocycles. The minimum Gasteiger partial charge on any atom is -0.431 e. The van der Waals surface area contributed by atoms with E-state index in [0.29, 0.717) is 0 Å². The number of carbonyl (C=O) groups is 1. The Morgan fingerprint density at radius 3 is 2.79 bits per heavy atom. The van der Waals surface area contributed by atoms with Gasteiger partial charge >= 0.3 is 5.97 Å². The molecule has 0 saturated heterocycles. The van der Waals surface area contributed by atoms with Crippen molar-refractivity contribution in [2.45, 2.75) is 58.8 Å². The summed E-state index contributed by atoms with van der Waals surface area (Å²) in [4.78, 5) is 10.8.